The molecule has 0 aliphatic carbocycles. The maximum Gasteiger partial charge on any atom is 0.257 e. The van der Waals surface area contributed by atoms with E-state index < -0.39 is 10.0 Å². The summed E-state index contributed by atoms with van der Waals surface area (Å²) in [6.07, 6.45) is 1.04. The van der Waals surface area contributed by atoms with E-state index in [1.165, 1.54) is 33.5 Å². The second kappa shape index (κ2) is 9.36. The van der Waals surface area contributed by atoms with Crippen LogP contribution in [0.3, 0.4) is 0 Å². The minimum atomic E-state index is -3.64. The standard InChI is InChI=1S/C21H26N2O6S/c1-27-16-7-9-17(10-8-16)30(25,26)22-15-11-13-23(14-12-15)21(24)18-5-4-6-19(28-2)20(18)29-3/h4-10,15,22H,11-14H2,1-3H3. The number of ether oxygens (including phenoxy) is 3. The molecule has 2 aromatic carbocycles. The predicted molar refractivity (Wildman–Crippen MR) is 112 cm³/mol. The van der Waals surface area contributed by atoms with Gasteiger partial charge in [-0.05, 0) is 49.2 Å². The fourth-order valence-corrected chi connectivity index (χ4v) is 4.77. The summed E-state index contributed by atoms with van der Waals surface area (Å²) in [7, 11) is 0.901. The van der Waals surface area contributed by atoms with Gasteiger partial charge >= 0.3 is 0 Å². The Labute approximate surface area is 176 Å². The van der Waals surface area contributed by atoms with E-state index in [-0.39, 0.29) is 16.8 Å². The summed E-state index contributed by atoms with van der Waals surface area (Å²) in [6, 6.07) is 11.2. The number of nitrogens with zero attached hydrogens (tertiary/aromatic N) is 1. The van der Waals surface area contributed by atoms with Crippen LogP contribution in [0.2, 0.25) is 0 Å². The maximum absolute atomic E-state index is 13.0. The third-order valence-electron chi connectivity index (χ3n) is 5.11. The number of hydrogen-bond acceptors (Lipinski definition) is 6. The van der Waals surface area contributed by atoms with Crippen LogP contribution in [-0.4, -0.2) is 59.7 Å². The first kappa shape index (κ1) is 21.9. The fourth-order valence-electron chi connectivity index (χ4n) is 3.47. The molecule has 0 spiro atoms. The Morgan fingerprint density at radius 1 is 0.967 bits per heavy atom. The van der Waals surface area contributed by atoms with E-state index in [9.17, 15) is 13.2 Å². The van der Waals surface area contributed by atoms with Gasteiger partial charge < -0.3 is 19.1 Å². The third-order valence-corrected chi connectivity index (χ3v) is 6.64. The number of para-hydroxylation sites is 1. The molecule has 162 valence electrons. The van der Waals surface area contributed by atoms with Crippen molar-refractivity contribution in [3.63, 3.8) is 0 Å². The highest BCUT2D eigenvalue weighted by molar-refractivity contribution is 7.89. The highest BCUT2D eigenvalue weighted by atomic mass is 32.2. The molecular formula is C21H26N2O6S. The Bertz CT molecular complexity index is 983. The van der Waals surface area contributed by atoms with E-state index in [4.69, 9.17) is 14.2 Å². The molecular weight excluding hydrogens is 408 g/mol. The quantitative estimate of drug-likeness (QED) is 0.719. The molecule has 2 aromatic rings. The third kappa shape index (κ3) is 4.68. The Balaban J connectivity index is 1.64. The first-order valence-electron chi connectivity index (χ1n) is 9.56. The van der Waals surface area contributed by atoms with E-state index in [0.717, 1.165) is 0 Å². The van der Waals surface area contributed by atoms with Gasteiger partial charge in [0.2, 0.25) is 10.0 Å². The molecule has 0 radical (unpaired) electrons. The molecule has 30 heavy (non-hydrogen) atoms. The highest BCUT2D eigenvalue weighted by Crippen LogP contribution is 2.32. The summed E-state index contributed by atoms with van der Waals surface area (Å²) in [5, 5.41) is 0. The van der Waals surface area contributed by atoms with Crippen molar-refractivity contribution in [2.75, 3.05) is 34.4 Å². The molecule has 1 aliphatic rings. The summed E-state index contributed by atoms with van der Waals surface area (Å²) in [5.74, 6) is 1.31. The Morgan fingerprint density at radius 2 is 1.63 bits per heavy atom. The van der Waals surface area contributed by atoms with Crippen LogP contribution in [0.5, 0.6) is 17.2 Å². The van der Waals surface area contributed by atoms with Crippen LogP contribution < -0.4 is 18.9 Å². The van der Waals surface area contributed by atoms with Crippen LogP contribution in [0.25, 0.3) is 0 Å². The summed E-state index contributed by atoms with van der Waals surface area (Å²) in [5.41, 5.74) is 0.425. The molecule has 1 saturated heterocycles. The monoisotopic (exact) mass is 434 g/mol. The van der Waals surface area contributed by atoms with Gasteiger partial charge in [-0.15, -0.1) is 0 Å². The van der Waals surface area contributed by atoms with Crippen LogP contribution in [0.15, 0.2) is 47.4 Å². The maximum atomic E-state index is 13.0. The lowest BCUT2D eigenvalue weighted by atomic mass is 10.0. The second-order valence-electron chi connectivity index (χ2n) is 6.90. The average molecular weight is 435 g/mol. The van der Waals surface area contributed by atoms with Crippen LogP contribution in [0.1, 0.15) is 23.2 Å². The lowest BCUT2D eigenvalue weighted by Gasteiger charge is -2.32. The number of amides is 1. The number of carbonyl (C=O) groups excluding carboxylic acids is 1. The smallest absolute Gasteiger partial charge is 0.257 e. The van der Waals surface area contributed by atoms with E-state index >= 15 is 0 Å². The molecule has 1 fully saturated rings. The molecule has 1 heterocycles. The topological polar surface area (TPSA) is 94.2 Å². The summed E-state index contributed by atoms with van der Waals surface area (Å²) < 4.78 is 43.7. The van der Waals surface area contributed by atoms with Crippen molar-refractivity contribution in [3.05, 3.63) is 48.0 Å². The number of nitrogens with one attached hydrogen (secondary N) is 1. The van der Waals surface area contributed by atoms with E-state index in [2.05, 4.69) is 4.72 Å². The number of benzene rings is 2. The fraction of sp³-hybridized carbons (Fsp3) is 0.381. The van der Waals surface area contributed by atoms with Crippen molar-refractivity contribution in [1.29, 1.82) is 0 Å². The average Bonchev–Trinajstić information content (AvgIpc) is 2.78. The normalized spacial score (nSPS) is 15.0. The molecule has 0 bridgehead atoms. The largest absolute Gasteiger partial charge is 0.497 e. The zero-order chi connectivity index (χ0) is 21.7. The van der Waals surface area contributed by atoms with Crippen molar-refractivity contribution in [3.8, 4) is 17.2 Å². The van der Waals surface area contributed by atoms with Crippen LogP contribution in [-0.2, 0) is 10.0 Å². The van der Waals surface area contributed by atoms with Crippen LogP contribution in [0.4, 0.5) is 0 Å². The molecule has 9 heteroatoms. The predicted octanol–water partition coefficient (Wildman–Crippen LogP) is 2.30. The zero-order valence-electron chi connectivity index (χ0n) is 17.3. The molecule has 3 rings (SSSR count). The second-order valence-corrected chi connectivity index (χ2v) is 8.62. The molecule has 0 atom stereocenters. The molecule has 1 aliphatic heterocycles. The summed E-state index contributed by atoms with van der Waals surface area (Å²) in [6.45, 7) is 0.879. The van der Waals surface area contributed by atoms with Crippen molar-refractivity contribution in [2.45, 2.75) is 23.8 Å². The van der Waals surface area contributed by atoms with Gasteiger partial charge in [-0.3, -0.25) is 4.79 Å². The van der Waals surface area contributed by atoms with Gasteiger partial charge in [-0.25, -0.2) is 13.1 Å². The minimum absolute atomic E-state index is 0.165. The zero-order valence-corrected chi connectivity index (χ0v) is 18.1. The van der Waals surface area contributed by atoms with Crippen LogP contribution >= 0.6 is 0 Å². The molecule has 1 N–H and O–H groups in total. The Kier molecular flexibility index (Phi) is 6.84. The van der Waals surface area contributed by atoms with Crippen molar-refractivity contribution in [1.82, 2.24) is 9.62 Å². The van der Waals surface area contributed by atoms with Gasteiger partial charge in [0.15, 0.2) is 11.5 Å². The van der Waals surface area contributed by atoms with Gasteiger partial charge in [-0.2, -0.15) is 0 Å². The summed E-state index contributed by atoms with van der Waals surface area (Å²) >= 11 is 0. The van der Waals surface area contributed by atoms with E-state index in [1.807, 2.05) is 0 Å². The molecule has 1 amide bonds. The number of methoxy groups -OCH3 is 3. The molecule has 8 nitrogen and oxygen atoms in total. The van der Waals surface area contributed by atoms with Crippen molar-refractivity contribution >= 4 is 15.9 Å². The van der Waals surface area contributed by atoms with Gasteiger partial charge in [0.25, 0.3) is 5.91 Å². The number of rotatable bonds is 7. The first-order valence-corrected chi connectivity index (χ1v) is 11.0. The Morgan fingerprint density at radius 3 is 2.20 bits per heavy atom. The number of carbonyl (C=O) groups is 1. The van der Waals surface area contributed by atoms with Gasteiger partial charge in [-0.1, -0.05) is 6.07 Å². The van der Waals surface area contributed by atoms with Crippen LogP contribution in [0, 0.1) is 0 Å². The van der Waals surface area contributed by atoms with E-state index in [1.54, 1.807) is 35.2 Å². The SMILES string of the molecule is COc1ccc(S(=O)(=O)NC2CCN(C(=O)c3cccc(OC)c3OC)CC2)cc1. The van der Waals surface area contributed by atoms with E-state index in [0.29, 0.717) is 48.7 Å². The minimum Gasteiger partial charge on any atom is -0.497 e. The van der Waals surface area contributed by atoms with Crippen molar-refractivity contribution in [2.24, 2.45) is 0 Å². The first-order chi connectivity index (χ1) is 14.4. The number of sulfonamides is 1. The highest BCUT2D eigenvalue weighted by Gasteiger charge is 2.29. The lowest BCUT2D eigenvalue weighted by Crippen LogP contribution is -2.46. The number of likely N-dealkylation sites (tertiary alicyclic amines) is 1. The van der Waals surface area contributed by atoms with Gasteiger partial charge in [0.05, 0.1) is 31.8 Å². The molecule has 0 unspecified atom stereocenters. The van der Waals surface area contributed by atoms with Gasteiger partial charge in [0.1, 0.15) is 5.75 Å². The molecule has 0 saturated carbocycles. The number of piperidine rings is 1. The van der Waals surface area contributed by atoms with Crippen molar-refractivity contribution < 1.29 is 27.4 Å². The Hall–Kier alpha value is -2.78. The lowest BCUT2D eigenvalue weighted by molar-refractivity contribution is 0.0707. The molecule has 0 aromatic heterocycles. The van der Waals surface area contributed by atoms with Gasteiger partial charge in [0, 0.05) is 19.1 Å². The summed E-state index contributed by atoms with van der Waals surface area (Å²) in [4.78, 5) is 14.8. The number of hydrogen-bond donors (Lipinski definition) is 1.